The second-order valence-corrected chi connectivity index (χ2v) is 8.20. The first-order valence-electron chi connectivity index (χ1n) is 8.88. The molecule has 0 bridgehead atoms. The van der Waals surface area contributed by atoms with Crippen LogP contribution in [0.4, 0.5) is 4.79 Å². The summed E-state index contributed by atoms with van der Waals surface area (Å²) in [6, 6.07) is 4.32. The number of carbonyl (C=O) groups excluding carboxylic acids is 1. The van der Waals surface area contributed by atoms with E-state index in [1.807, 2.05) is 17.2 Å². The molecule has 2 amide bonds. The summed E-state index contributed by atoms with van der Waals surface area (Å²) in [4.78, 5) is 20.9. The zero-order chi connectivity index (χ0) is 17.7. The number of nitrogens with zero attached hydrogens (tertiary/aromatic N) is 3. The van der Waals surface area contributed by atoms with Crippen LogP contribution in [0, 0.1) is 11.3 Å². The van der Waals surface area contributed by atoms with Crippen molar-refractivity contribution in [2.24, 2.45) is 11.3 Å². The quantitative estimate of drug-likeness (QED) is 0.902. The summed E-state index contributed by atoms with van der Waals surface area (Å²) in [5.74, 6) is 0.544. The van der Waals surface area contributed by atoms with Crippen LogP contribution in [-0.4, -0.2) is 53.5 Å². The number of pyridine rings is 1. The zero-order valence-electron chi connectivity index (χ0n) is 15.7. The number of aromatic nitrogens is 1. The summed E-state index contributed by atoms with van der Waals surface area (Å²) in [5, 5.41) is 3.14. The van der Waals surface area contributed by atoms with Crippen molar-refractivity contribution >= 4 is 6.03 Å². The van der Waals surface area contributed by atoms with E-state index < -0.39 is 0 Å². The van der Waals surface area contributed by atoms with E-state index in [0.717, 1.165) is 32.6 Å². The third-order valence-electron chi connectivity index (χ3n) is 4.96. The maximum Gasteiger partial charge on any atom is 0.317 e. The molecule has 134 valence electrons. The molecule has 0 spiro atoms. The third kappa shape index (κ3) is 5.48. The smallest absolute Gasteiger partial charge is 0.317 e. The number of likely N-dealkylation sites (tertiary alicyclic amines) is 1. The number of urea groups is 1. The Hall–Kier alpha value is -1.62. The van der Waals surface area contributed by atoms with E-state index in [0.29, 0.717) is 5.92 Å². The van der Waals surface area contributed by atoms with Gasteiger partial charge in [0.15, 0.2) is 0 Å². The van der Waals surface area contributed by atoms with Gasteiger partial charge in [-0.1, -0.05) is 26.8 Å². The average molecular weight is 332 g/mol. The SMILES string of the molecule is C[C@H](NC(=O)N1CC[C@H](CN(C)Cc2cccnc2)C1)C(C)(C)C. The topological polar surface area (TPSA) is 48.5 Å². The second-order valence-electron chi connectivity index (χ2n) is 8.20. The summed E-state index contributed by atoms with van der Waals surface area (Å²) in [6.07, 6.45) is 4.79. The Kier molecular flexibility index (Phi) is 6.21. The monoisotopic (exact) mass is 332 g/mol. The van der Waals surface area contributed by atoms with Gasteiger partial charge in [-0.15, -0.1) is 0 Å². The van der Waals surface area contributed by atoms with Gasteiger partial charge in [0.1, 0.15) is 0 Å². The molecule has 1 saturated heterocycles. The average Bonchev–Trinajstić information content (AvgIpc) is 2.95. The predicted octanol–water partition coefficient (Wildman–Crippen LogP) is 2.98. The molecular weight excluding hydrogens is 300 g/mol. The Morgan fingerprint density at radius 1 is 1.50 bits per heavy atom. The van der Waals surface area contributed by atoms with E-state index in [4.69, 9.17) is 0 Å². The Bertz CT molecular complexity index is 526. The van der Waals surface area contributed by atoms with Crippen LogP contribution >= 0.6 is 0 Å². The minimum absolute atomic E-state index is 0.0786. The lowest BCUT2D eigenvalue weighted by molar-refractivity contribution is 0.188. The summed E-state index contributed by atoms with van der Waals surface area (Å²) in [5.41, 5.74) is 1.31. The Morgan fingerprint density at radius 3 is 2.88 bits per heavy atom. The van der Waals surface area contributed by atoms with E-state index in [2.05, 4.69) is 56.0 Å². The molecule has 1 fully saturated rings. The molecular formula is C19H32N4O. The van der Waals surface area contributed by atoms with Gasteiger partial charge in [-0.3, -0.25) is 4.98 Å². The molecule has 0 radical (unpaired) electrons. The largest absolute Gasteiger partial charge is 0.335 e. The summed E-state index contributed by atoms with van der Waals surface area (Å²) >= 11 is 0. The number of nitrogens with one attached hydrogen (secondary N) is 1. The zero-order valence-corrected chi connectivity index (χ0v) is 15.7. The third-order valence-corrected chi connectivity index (χ3v) is 4.96. The van der Waals surface area contributed by atoms with Crippen molar-refractivity contribution in [3.63, 3.8) is 0 Å². The number of carbonyl (C=O) groups is 1. The summed E-state index contributed by atoms with van der Waals surface area (Å²) < 4.78 is 0. The van der Waals surface area contributed by atoms with E-state index in [1.165, 1.54) is 5.56 Å². The first-order valence-corrected chi connectivity index (χ1v) is 8.88. The van der Waals surface area contributed by atoms with Crippen LogP contribution in [-0.2, 0) is 6.54 Å². The molecule has 0 aliphatic carbocycles. The molecule has 1 aromatic rings. The van der Waals surface area contributed by atoms with Gasteiger partial charge in [-0.25, -0.2) is 4.79 Å². The Labute approximate surface area is 146 Å². The van der Waals surface area contributed by atoms with Crippen LogP contribution in [0.1, 0.15) is 39.7 Å². The molecule has 2 rings (SSSR count). The van der Waals surface area contributed by atoms with Crippen LogP contribution in [0.25, 0.3) is 0 Å². The fourth-order valence-electron chi connectivity index (χ4n) is 2.97. The van der Waals surface area contributed by atoms with Crippen molar-refractivity contribution in [1.29, 1.82) is 0 Å². The molecule has 2 heterocycles. The second kappa shape index (κ2) is 7.97. The van der Waals surface area contributed by atoms with Gasteiger partial charge in [0.2, 0.25) is 0 Å². The lowest BCUT2D eigenvalue weighted by Gasteiger charge is -2.30. The Balaban J connectivity index is 1.77. The summed E-state index contributed by atoms with van der Waals surface area (Å²) in [6.45, 7) is 12.1. The molecule has 0 saturated carbocycles. The normalized spacial score (nSPS) is 19.6. The summed E-state index contributed by atoms with van der Waals surface area (Å²) in [7, 11) is 2.14. The van der Waals surface area contributed by atoms with E-state index in [-0.39, 0.29) is 17.5 Å². The number of hydrogen-bond donors (Lipinski definition) is 1. The van der Waals surface area contributed by atoms with Crippen LogP contribution in [0.3, 0.4) is 0 Å². The maximum atomic E-state index is 12.4. The fraction of sp³-hybridized carbons (Fsp3) is 0.684. The van der Waals surface area contributed by atoms with Crippen LogP contribution in [0.2, 0.25) is 0 Å². The minimum Gasteiger partial charge on any atom is -0.335 e. The van der Waals surface area contributed by atoms with E-state index >= 15 is 0 Å². The molecule has 24 heavy (non-hydrogen) atoms. The van der Waals surface area contributed by atoms with Crippen molar-refractivity contribution in [3.8, 4) is 0 Å². The van der Waals surface area contributed by atoms with Crippen LogP contribution < -0.4 is 5.32 Å². The van der Waals surface area contributed by atoms with Gasteiger partial charge >= 0.3 is 6.03 Å². The van der Waals surface area contributed by atoms with Crippen molar-refractivity contribution < 1.29 is 4.79 Å². The van der Waals surface area contributed by atoms with Crippen molar-refractivity contribution in [2.75, 3.05) is 26.7 Å². The first kappa shape index (κ1) is 18.7. The molecule has 5 nitrogen and oxygen atoms in total. The standard InChI is InChI=1S/C19H32N4O/c1-15(19(2,3)4)21-18(24)23-10-8-17(14-23)13-22(5)12-16-7-6-9-20-11-16/h6-7,9,11,15,17H,8,10,12-14H2,1-5H3,(H,21,24)/t15-,17+/m0/s1. The number of hydrogen-bond acceptors (Lipinski definition) is 3. The molecule has 5 heteroatoms. The highest BCUT2D eigenvalue weighted by Crippen LogP contribution is 2.21. The van der Waals surface area contributed by atoms with E-state index in [1.54, 1.807) is 6.20 Å². The number of rotatable bonds is 5. The van der Waals surface area contributed by atoms with Gasteiger partial charge in [0, 0.05) is 44.6 Å². The lowest BCUT2D eigenvalue weighted by atomic mass is 9.88. The highest BCUT2D eigenvalue weighted by atomic mass is 16.2. The molecule has 0 aromatic carbocycles. The Morgan fingerprint density at radius 2 is 2.25 bits per heavy atom. The van der Waals surface area contributed by atoms with Crippen molar-refractivity contribution in [2.45, 2.75) is 46.7 Å². The maximum absolute atomic E-state index is 12.4. The molecule has 0 unspecified atom stereocenters. The number of amides is 2. The molecule has 1 aliphatic heterocycles. The molecule has 1 aliphatic rings. The minimum atomic E-state index is 0.0786. The van der Waals surface area contributed by atoms with Gasteiger partial charge in [-0.2, -0.15) is 0 Å². The predicted molar refractivity (Wildman–Crippen MR) is 97.7 cm³/mol. The first-order chi connectivity index (χ1) is 11.3. The fourth-order valence-corrected chi connectivity index (χ4v) is 2.97. The van der Waals surface area contributed by atoms with Crippen LogP contribution in [0.5, 0.6) is 0 Å². The van der Waals surface area contributed by atoms with Gasteiger partial charge in [0.05, 0.1) is 0 Å². The molecule has 2 atom stereocenters. The highest BCUT2D eigenvalue weighted by molar-refractivity contribution is 5.74. The highest BCUT2D eigenvalue weighted by Gasteiger charge is 2.29. The van der Waals surface area contributed by atoms with Crippen molar-refractivity contribution in [1.82, 2.24) is 20.1 Å². The lowest BCUT2D eigenvalue weighted by Crippen LogP contribution is -2.47. The molecule has 1 aromatic heterocycles. The van der Waals surface area contributed by atoms with E-state index in [9.17, 15) is 4.79 Å². The van der Waals surface area contributed by atoms with Crippen LogP contribution in [0.15, 0.2) is 24.5 Å². The van der Waals surface area contributed by atoms with Gasteiger partial charge < -0.3 is 15.1 Å². The van der Waals surface area contributed by atoms with Gasteiger partial charge in [-0.05, 0) is 43.4 Å². The van der Waals surface area contributed by atoms with Crippen molar-refractivity contribution in [3.05, 3.63) is 30.1 Å². The molecule has 1 N–H and O–H groups in total. The van der Waals surface area contributed by atoms with Gasteiger partial charge in [0.25, 0.3) is 0 Å².